The van der Waals surface area contributed by atoms with Crippen molar-refractivity contribution >= 4 is 46.6 Å². The first kappa shape index (κ1) is 19.3. The Morgan fingerprint density at radius 3 is 2.43 bits per heavy atom. The van der Waals surface area contributed by atoms with Gasteiger partial charge in [0.25, 0.3) is 0 Å². The van der Waals surface area contributed by atoms with E-state index in [1.807, 2.05) is 47.0 Å². The Bertz CT molecular complexity index is 1100. The second-order valence-corrected chi connectivity index (χ2v) is 8.09. The van der Waals surface area contributed by atoms with Crippen LogP contribution in [0.1, 0.15) is 5.56 Å². The molecule has 0 N–H and O–H groups in total. The summed E-state index contributed by atoms with van der Waals surface area (Å²) >= 11 is 19.9. The Morgan fingerprint density at radius 1 is 0.893 bits per heavy atom. The summed E-state index contributed by atoms with van der Waals surface area (Å²) in [6, 6.07) is 17.0. The molecule has 28 heavy (non-hydrogen) atoms. The third-order valence-corrected chi connectivity index (χ3v) is 5.99. The van der Waals surface area contributed by atoms with Gasteiger partial charge >= 0.3 is 0 Å². The van der Waals surface area contributed by atoms with E-state index in [1.54, 1.807) is 36.3 Å². The van der Waals surface area contributed by atoms with Crippen LogP contribution in [0.25, 0.3) is 17.1 Å². The lowest BCUT2D eigenvalue weighted by Gasteiger charge is -2.11. The molecule has 140 valence electrons. The normalized spacial score (nSPS) is 11.0. The van der Waals surface area contributed by atoms with Crippen molar-refractivity contribution in [3.63, 3.8) is 0 Å². The SMILES string of the molecule is Clc1ccc(CSc2nnc(-c3cccnc3)n2-c2ccc(Cl)c(Cl)c2)cc1. The van der Waals surface area contributed by atoms with Gasteiger partial charge in [0.1, 0.15) is 0 Å². The van der Waals surface area contributed by atoms with E-state index >= 15 is 0 Å². The molecular weight excluding hydrogens is 435 g/mol. The fourth-order valence-corrected chi connectivity index (χ4v) is 3.96. The molecule has 0 amide bonds. The van der Waals surface area contributed by atoms with Crippen LogP contribution in [0.15, 0.2) is 72.1 Å². The molecule has 0 fully saturated rings. The van der Waals surface area contributed by atoms with Gasteiger partial charge < -0.3 is 0 Å². The van der Waals surface area contributed by atoms with E-state index in [0.29, 0.717) is 20.9 Å². The summed E-state index contributed by atoms with van der Waals surface area (Å²) in [5.41, 5.74) is 2.83. The van der Waals surface area contributed by atoms with Crippen LogP contribution in [0.2, 0.25) is 15.1 Å². The van der Waals surface area contributed by atoms with E-state index in [1.165, 1.54) is 0 Å². The highest BCUT2D eigenvalue weighted by Crippen LogP contribution is 2.32. The second kappa shape index (κ2) is 8.53. The van der Waals surface area contributed by atoms with Crippen molar-refractivity contribution in [2.24, 2.45) is 0 Å². The lowest BCUT2D eigenvalue weighted by Crippen LogP contribution is -2.00. The molecule has 0 saturated carbocycles. The highest BCUT2D eigenvalue weighted by molar-refractivity contribution is 7.98. The standard InChI is InChI=1S/C20H13Cl3N4S/c21-15-5-3-13(4-6-15)12-28-20-26-25-19(14-2-1-9-24-11-14)27(20)16-7-8-17(22)18(23)10-16/h1-11H,12H2. The van der Waals surface area contributed by atoms with Crippen molar-refractivity contribution in [3.05, 3.63) is 87.6 Å². The van der Waals surface area contributed by atoms with Gasteiger partial charge in [0, 0.05) is 28.7 Å². The van der Waals surface area contributed by atoms with Crippen molar-refractivity contribution in [3.8, 4) is 17.1 Å². The van der Waals surface area contributed by atoms with E-state index in [0.717, 1.165) is 27.7 Å². The molecule has 0 unspecified atom stereocenters. The molecule has 2 aromatic carbocycles. The Hall–Kier alpha value is -2.05. The summed E-state index contributed by atoms with van der Waals surface area (Å²) < 4.78 is 1.96. The van der Waals surface area contributed by atoms with E-state index < -0.39 is 0 Å². The minimum Gasteiger partial charge on any atom is -0.270 e. The number of nitrogens with zero attached hydrogens (tertiary/aromatic N) is 4. The largest absolute Gasteiger partial charge is 0.270 e. The zero-order valence-corrected chi connectivity index (χ0v) is 17.5. The fourth-order valence-electron chi connectivity index (χ4n) is 2.63. The first-order valence-corrected chi connectivity index (χ1v) is 10.4. The maximum Gasteiger partial charge on any atom is 0.196 e. The lowest BCUT2D eigenvalue weighted by atomic mass is 10.2. The molecule has 0 bridgehead atoms. The van der Waals surface area contributed by atoms with Gasteiger partial charge in [0.2, 0.25) is 0 Å². The summed E-state index contributed by atoms with van der Waals surface area (Å²) in [6.07, 6.45) is 3.48. The molecule has 0 radical (unpaired) electrons. The lowest BCUT2D eigenvalue weighted by molar-refractivity contribution is 0.886. The molecule has 0 atom stereocenters. The average molecular weight is 448 g/mol. The van der Waals surface area contributed by atoms with E-state index in [4.69, 9.17) is 34.8 Å². The molecule has 4 nitrogen and oxygen atoms in total. The number of halogens is 3. The van der Waals surface area contributed by atoms with Crippen LogP contribution in [-0.2, 0) is 5.75 Å². The molecule has 4 aromatic rings. The number of aromatic nitrogens is 4. The predicted molar refractivity (Wildman–Crippen MR) is 116 cm³/mol. The van der Waals surface area contributed by atoms with Crippen LogP contribution in [0.5, 0.6) is 0 Å². The zero-order valence-electron chi connectivity index (χ0n) is 14.4. The van der Waals surface area contributed by atoms with Gasteiger partial charge in [-0.25, -0.2) is 0 Å². The third kappa shape index (κ3) is 4.18. The van der Waals surface area contributed by atoms with Gasteiger partial charge in [-0.15, -0.1) is 10.2 Å². The minimum absolute atomic E-state index is 0.471. The number of hydrogen-bond acceptors (Lipinski definition) is 4. The van der Waals surface area contributed by atoms with Crippen molar-refractivity contribution in [1.29, 1.82) is 0 Å². The van der Waals surface area contributed by atoms with Gasteiger partial charge in [-0.2, -0.15) is 0 Å². The topological polar surface area (TPSA) is 43.6 Å². The molecule has 2 heterocycles. The summed E-state index contributed by atoms with van der Waals surface area (Å²) in [5.74, 6) is 1.41. The van der Waals surface area contributed by atoms with Crippen molar-refractivity contribution in [2.45, 2.75) is 10.9 Å². The molecule has 0 aliphatic heterocycles. The summed E-state index contributed by atoms with van der Waals surface area (Å²) in [5, 5.41) is 11.2. The van der Waals surface area contributed by atoms with Crippen LogP contribution in [0.4, 0.5) is 0 Å². The molecule has 0 aliphatic rings. The Morgan fingerprint density at radius 2 is 1.71 bits per heavy atom. The average Bonchev–Trinajstić information content (AvgIpc) is 3.14. The monoisotopic (exact) mass is 446 g/mol. The van der Waals surface area contributed by atoms with E-state index in [-0.39, 0.29) is 0 Å². The minimum atomic E-state index is 0.471. The first-order chi connectivity index (χ1) is 13.6. The Kier molecular flexibility index (Phi) is 5.87. The quantitative estimate of drug-likeness (QED) is 0.324. The van der Waals surface area contributed by atoms with Gasteiger partial charge in [-0.1, -0.05) is 58.7 Å². The predicted octanol–water partition coefficient (Wildman–Crippen LogP) is 6.58. The van der Waals surface area contributed by atoms with Crippen LogP contribution in [-0.4, -0.2) is 19.7 Å². The smallest absolute Gasteiger partial charge is 0.196 e. The molecular formula is C20H13Cl3N4S. The van der Waals surface area contributed by atoms with E-state index in [2.05, 4.69) is 15.2 Å². The van der Waals surface area contributed by atoms with Gasteiger partial charge in [0.05, 0.1) is 15.7 Å². The molecule has 0 spiro atoms. The number of benzene rings is 2. The molecule has 0 saturated heterocycles. The molecule has 4 rings (SSSR count). The van der Waals surface area contributed by atoms with Gasteiger partial charge in [-0.05, 0) is 48.0 Å². The van der Waals surface area contributed by atoms with Crippen molar-refractivity contribution < 1.29 is 0 Å². The van der Waals surface area contributed by atoms with Crippen LogP contribution in [0, 0.1) is 0 Å². The van der Waals surface area contributed by atoms with Crippen LogP contribution < -0.4 is 0 Å². The summed E-state index contributed by atoms with van der Waals surface area (Å²) in [6.45, 7) is 0. The Balaban J connectivity index is 1.74. The zero-order chi connectivity index (χ0) is 19.5. The van der Waals surface area contributed by atoms with Crippen LogP contribution >= 0.6 is 46.6 Å². The fraction of sp³-hybridized carbons (Fsp3) is 0.0500. The van der Waals surface area contributed by atoms with Gasteiger partial charge in [-0.3, -0.25) is 9.55 Å². The maximum absolute atomic E-state index is 6.25. The highest BCUT2D eigenvalue weighted by Gasteiger charge is 2.17. The van der Waals surface area contributed by atoms with Gasteiger partial charge in [0.15, 0.2) is 11.0 Å². The highest BCUT2D eigenvalue weighted by atomic mass is 35.5. The molecule has 2 aromatic heterocycles. The number of thioether (sulfide) groups is 1. The van der Waals surface area contributed by atoms with Crippen molar-refractivity contribution in [1.82, 2.24) is 19.7 Å². The van der Waals surface area contributed by atoms with Crippen LogP contribution in [0.3, 0.4) is 0 Å². The van der Waals surface area contributed by atoms with E-state index in [9.17, 15) is 0 Å². The molecule has 8 heteroatoms. The second-order valence-electron chi connectivity index (χ2n) is 5.90. The maximum atomic E-state index is 6.25. The Labute approximate surface area is 181 Å². The van der Waals surface area contributed by atoms with Crippen molar-refractivity contribution in [2.75, 3.05) is 0 Å². The summed E-state index contributed by atoms with van der Waals surface area (Å²) in [4.78, 5) is 4.19. The third-order valence-electron chi connectivity index (χ3n) is 4.00. The first-order valence-electron chi connectivity index (χ1n) is 8.30. The molecule has 0 aliphatic carbocycles. The number of rotatable bonds is 5. The summed E-state index contributed by atoms with van der Waals surface area (Å²) in [7, 11) is 0. The number of hydrogen-bond donors (Lipinski definition) is 0. The number of pyridine rings is 1.